The Hall–Kier alpha value is -3.03. The molecule has 3 aromatic rings. The molecule has 172 valence electrons. The molecule has 0 radical (unpaired) electrons. The van der Waals surface area contributed by atoms with Crippen LogP contribution in [0.4, 0.5) is 11.4 Å². The number of benzene rings is 3. The number of hydrogen-bond acceptors (Lipinski definition) is 4. The molecule has 0 saturated carbocycles. The van der Waals surface area contributed by atoms with E-state index >= 15 is 0 Å². The molecule has 33 heavy (non-hydrogen) atoms. The predicted octanol–water partition coefficient (Wildman–Crippen LogP) is 5.17. The molecule has 3 aromatic carbocycles. The van der Waals surface area contributed by atoms with E-state index in [1.807, 2.05) is 39.8 Å². The zero-order chi connectivity index (χ0) is 23.9. The van der Waals surface area contributed by atoms with E-state index < -0.39 is 22.0 Å². The van der Waals surface area contributed by atoms with Gasteiger partial charge >= 0.3 is 0 Å². The average Bonchev–Trinajstić information content (AvgIpc) is 2.75. The number of hydrogen-bond donors (Lipinski definition) is 1. The van der Waals surface area contributed by atoms with Crippen LogP contribution in [0.2, 0.25) is 5.02 Å². The Labute approximate surface area is 199 Å². The number of halogens is 1. The van der Waals surface area contributed by atoms with E-state index in [4.69, 9.17) is 16.3 Å². The Morgan fingerprint density at radius 3 is 2.24 bits per heavy atom. The second-order valence-corrected chi connectivity index (χ2v) is 10.6. The Morgan fingerprint density at radius 2 is 1.61 bits per heavy atom. The molecule has 4 rings (SSSR count). The van der Waals surface area contributed by atoms with E-state index in [1.165, 1.54) is 10.4 Å². The van der Waals surface area contributed by atoms with Crippen molar-refractivity contribution in [2.45, 2.75) is 38.7 Å². The van der Waals surface area contributed by atoms with Crippen LogP contribution in [0, 0.1) is 27.7 Å². The van der Waals surface area contributed by atoms with Gasteiger partial charge in [-0.3, -0.25) is 9.10 Å². The summed E-state index contributed by atoms with van der Waals surface area (Å²) in [6, 6.07) is 15.3. The maximum absolute atomic E-state index is 13.5. The lowest BCUT2D eigenvalue weighted by Crippen LogP contribution is -2.49. The second kappa shape index (κ2) is 8.72. The Kier molecular flexibility index (Phi) is 6.12. The number of carbonyl (C=O) groups is 1. The third-order valence-corrected chi connectivity index (χ3v) is 7.65. The van der Waals surface area contributed by atoms with Gasteiger partial charge < -0.3 is 10.1 Å². The van der Waals surface area contributed by atoms with E-state index in [0.29, 0.717) is 16.4 Å². The highest BCUT2D eigenvalue weighted by molar-refractivity contribution is 7.92. The van der Waals surface area contributed by atoms with Gasteiger partial charge in [0.2, 0.25) is 0 Å². The quantitative estimate of drug-likeness (QED) is 0.554. The first-order valence-electron chi connectivity index (χ1n) is 10.5. The third kappa shape index (κ3) is 4.56. The molecule has 1 aliphatic rings. The summed E-state index contributed by atoms with van der Waals surface area (Å²) in [4.78, 5) is 13.3. The van der Waals surface area contributed by atoms with Crippen molar-refractivity contribution in [3.05, 3.63) is 81.9 Å². The van der Waals surface area contributed by atoms with Gasteiger partial charge in [-0.25, -0.2) is 8.42 Å². The van der Waals surface area contributed by atoms with Gasteiger partial charge in [0.25, 0.3) is 15.9 Å². The summed E-state index contributed by atoms with van der Waals surface area (Å²) in [5, 5.41) is 3.30. The normalized spacial score (nSPS) is 15.5. The first-order valence-corrected chi connectivity index (χ1v) is 12.3. The lowest BCUT2D eigenvalue weighted by Gasteiger charge is -2.35. The van der Waals surface area contributed by atoms with E-state index in [2.05, 4.69) is 5.32 Å². The van der Waals surface area contributed by atoms with E-state index in [-0.39, 0.29) is 17.2 Å². The summed E-state index contributed by atoms with van der Waals surface area (Å²) in [6.45, 7) is 7.53. The van der Waals surface area contributed by atoms with Crippen LogP contribution in [0.5, 0.6) is 5.75 Å². The summed E-state index contributed by atoms with van der Waals surface area (Å²) in [5.74, 6) is -0.145. The largest absolute Gasteiger partial charge is 0.476 e. The molecule has 0 aliphatic carbocycles. The predicted molar refractivity (Wildman–Crippen MR) is 131 cm³/mol. The van der Waals surface area contributed by atoms with Gasteiger partial charge in [-0.05, 0) is 69.2 Å². The van der Waals surface area contributed by atoms with E-state index in [1.54, 1.807) is 36.4 Å². The van der Waals surface area contributed by atoms with E-state index in [9.17, 15) is 13.2 Å². The number of fused-ring (bicyclic) bond motifs is 1. The molecule has 1 N–H and O–H groups in total. The minimum Gasteiger partial charge on any atom is -0.476 e. The number of nitrogens with zero attached hydrogens (tertiary/aromatic N) is 1. The summed E-state index contributed by atoms with van der Waals surface area (Å²) >= 11 is 6.16. The number of rotatable bonds is 4. The van der Waals surface area contributed by atoms with Crippen molar-refractivity contribution in [1.82, 2.24) is 0 Å². The zero-order valence-corrected chi connectivity index (χ0v) is 20.4. The molecular formula is C25H25ClN2O4S. The molecule has 0 aromatic heterocycles. The molecule has 0 saturated heterocycles. The molecule has 0 spiro atoms. The number of sulfonamides is 1. The van der Waals surface area contributed by atoms with Crippen LogP contribution >= 0.6 is 11.6 Å². The Morgan fingerprint density at radius 1 is 0.970 bits per heavy atom. The second-order valence-electron chi connectivity index (χ2n) is 8.33. The van der Waals surface area contributed by atoms with Crippen molar-refractivity contribution < 1.29 is 17.9 Å². The van der Waals surface area contributed by atoms with E-state index in [0.717, 1.165) is 22.3 Å². The van der Waals surface area contributed by atoms with Gasteiger partial charge in [-0.1, -0.05) is 47.0 Å². The first-order chi connectivity index (χ1) is 15.6. The average molecular weight is 485 g/mol. The van der Waals surface area contributed by atoms with Crippen molar-refractivity contribution in [3.63, 3.8) is 0 Å². The van der Waals surface area contributed by atoms with Crippen LogP contribution in [-0.4, -0.2) is 27.0 Å². The van der Waals surface area contributed by atoms with Crippen LogP contribution in [0.3, 0.4) is 0 Å². The smallest absolute Gasteiger partial charge is 0.267 e. The molecule has 0 bridgehead atoms. The molecule has 0 unspecified atom stereocenters. The van der Waals surface area contributed by atoms with Crippen LogP contribution in [0.25, 0.3) is 0 Å². The summed E-state index contributed by atoms with van der Waals surface area (Å²) < 4.78 is 34.2. The minimum atomic E-state index is -3.96. The minimum absolute atomic E-state index is 0.130. The Balaban J connectivity index is 1.71. The van der Waals surface area contributed by atoms with Gasteiger partial charge in [0, 0.05) is 10.7 Å². The molecular weight excluding hydrogens is 460 g/mol. The number of ether oxygens (including phenoxy) is 1. The fraction of sp³-hybridized carbons (Fsp3) is 0.240. The number of nitrogens with one attached hydrogen (secondary N) is 1. The third-order valence-electron chi connectivity index (χ3n) is 5.62. The van der Waals surface area contributed by atoms with Gasteiger partial charge in [-0.15, -0.1) is 0 Å². The highest BCUT2D eigenvalue weighted by atomic mass is 35.5. The molecule has 1 heterocycles. The maximum atomic E-state index is 13.5. The fourth-order valence-corrected chi connectivity index (χ4v) is 5.64. The van der Waals surface area contributed by atoms with Crippen LogP contribution in [0.15, 0.2) is 59.5 Å². The maximum Gasteiger partial charge on any atom is 0.267 e. The lowest BCUT2D eigenvalue weighted by atomic mass is 10.0. The molecule has 1 atom stereocenters. The van der Waals surface area contributed by atoms with Crippen LogP contribution in [0.1, 0.15) is 22.3 Å². The molecule has 6 nitrogen and oxygen atoms in total. The van der Waals surface area contributed by atoms with Gasteiger partial charge in [0.05, 0.1) is 17.1 Å². The van der Waals surface area contributed by atoms with Gasteiger partial charge in [0.15, 0.2) is 6.10 Å². The van der Waals surface area contributed by atoms with Crippen LogP contribution < -0.4 is 14.4 Å². The molecule has 1 amide bonds. The molecule has 8 heteroatoms. The van der Waals surface area contributed by atoms with Crippen molar-refractivity contribution in [3.8, 4) is 5.75 Å². The number of amides is 1. The topological polar surface area (TPSA) is 75.7 Å². The zero-order valence-electron chi connectivity index (χ0n) is 18.8. The van der Waals surface area contributed by atoms with Crippen molar-refractivity contribution >= 4 is 38.9 Å². The monoisotopic (exact) mass is 484 g/mol. The standard InChI is InChI=1S/C25H25ClN2O4S/c1-15-5-8-20(9-6-15)33(30,31)28-14-23(32-22-10-7-19(26)13-21(22)28)25(29)27-24-17(3)11-16(2)12-18(24)4/h5-13,23H,14H2,1-4H3,(H,27,29)/t23-/m0/s1. The number of carbonyl (C=O) groups excluding carboxylic acids is 1. The highest BCUT2D eigenvalue weighted by Gasteiger charge is 2.38. The van der Waals surface area contributed by atoms with Gasteiger partial charge in [-0.2, -0.15) is 0 Å². The van der Waals surface area contributed by atoms with Crippen LogP contribution in [-0.2, 0) is 14.8 Å². The molecule has 0 fully saturated rings. The highest BCUT2D eigenvalue weighted by Crippen LogP contribution is 2.39. The number of aryl methyl sites for hydroxylation is 4. The molecule has 1 aliphatic heterocycles. The van der Waals surface area contributed by atoms with Gasteiger partial charge in [0.1, 0.15) is 5.75 Å². The van der Waals surface area contributed by atoms with Crippen molar-refractivity contribution in [2.75, 3.05) is 16.2 Å². The van der Waals surface area contributed by atoms with Crippen molar-refractivity contribution in [2.24, 2.45) is 0 Å². The Bertz CT molecular complexity index is 1310. The summed E-state index contributed by atoms with van der Waals surface area (Å²) in [7, 11) is -3.96. The number of anilines is 2. The SMILES string of the molecule is Cc1ccc(S(=O)(=O)N2C[C@@H](C(=O)Nc3c(C)cc(C)cc3C)Oc3ccc(Cl)cc32)cc1. The lowest BCUT2D eigenvalue weighted by molar-refractivity contribution is -0.122. The van der Waals surface area contributed by atoms with Crippen molar-refractivity contribution in [1.29, 1.82) is 0 Å². The summed E-state index contributed by atoms with van der Waals surface area (Å²) in [5.41, 5.74) is 4.89. The first kappa shape index (κ1) is 23.1. The fourth-order valence-electron chi connectivity index (χ4n) is 4.01. The summed E-state index contributed by atoms with van der Waals surface area (Å²) in [6.07, 6.45) is -1.04.